The number of azide groups is 1. The number of hydrogen-bond acceptors (Lipinski definition) is 5. The van der Waals surface area contributed by atoms with Gasteiger partial charge in [0.25, 0.3) is 0 Å². The first-order valence-electron chi connectivity index (χ1n) is 6.14. The molecule has 0 bridgehead atoms. The molecule has 0 saturated carbocycles. The van der Waals surface area contributed by atoms with Crippen LogP contribution >= 0.6 is 0 Å². The second-order valence-corrected chi connectivity index (χ2v) is 4.59. The molecule has 1 aromatic heterocycles. The third-order valence-electron chi connectivity index (χ3n) is 3.37. The fraction of sp³-hybridized carbons (Fsp3) is 0.700. The summed E-state index contributed by atoms with van der Waals surface area (Å²) in [5, 5.41) is 18.3. The van der Waals surface area contributed by atoms with Gasteiger partial charge in [0, 0.05) is 25.0 Å². The summed E-state index contributed by atoms with van der Waals surface area (Å²) in [5.74, 6) is 0.351. The molecule has 2 rings (SSSR count). The van der Waals surface area contributed by atoms with Crippen LogP contribution in [0, 0.1) is 10.1 Å². The van der Waals surface area contributed by atoms with Crippen LogP contribution in [0.1, 0.15) is 12.8 Å². The first-order valence-corrected chi connectivity index (χ1v) is 6.14. The van der Waals surface area contributed by atoms with Gasteiger partial charge in [-0.05, 0) is 18.4 Å². The molecule has 108 valence electrons. The lowest BCUT2D eigenvalue weighted by Gasteiger charge is -2.21. The number of alkyl halides is 1. The van der Waals surface area contributed by atoms with Gasteiger partial charge >= 0.3 is 5.69 Å². The maximum absolute atomic E-state index is 13.8. The van der Waals surface area contributed by atoms with E-state index in [1.165, 1.54) is 10.9 Å². The summed E-state index contributed by atoms with van der Waals surface area (Å²) in [6.07, 6.45) is 0.417. The zero-order chi connectivity index (χ0) is 14.7. The van der Waals surface area contributed by atoms with Crippen molar-refractivity contribution >= 4 is 11.5 Å². The molecule has 1 aliphatic rings. The molecule has 2 unspecified atom stereocenters. The quantitative estimate of drug-likeness (QED) is 0.277. The molecule has 1 aromatic rings. The highest BCUT2D eigenvalue weighted by Crippen LogP contribution is 2.30. The van der Waals surface area contributed by atoms with Gasteiger partial charge in [-0.15, -0.1) is 0 Å². The van der Waals surface area contributed by atoms with E-state index in [2.05, 4.69) is 15.1 Å². The van der Waals surface area contributed by atoms with Gasteiger partial charge in [0.2, 0.25) is 5.82 Å². The highest BCUT2D eigenvalue weighted by atomic mass is 19.1. The van der Waals surface area contributed by atoms with E-state index in [1.54, 1.807) is 11.9 Å². The minimum absolute atomic E-state index is 0.106. The molecule has 9 nitrogen and oxygen atoms in total. The zero-order valence-corrected chi connectivity index (χ0v) is 10.9. The molecule has 0 N–H and O–H groups in total. The number of halogens is 1. The summed E-state index contributed by atoms with van der Waals surface area (Å²) in [6, 6.07) is -0.725. The summed E-state index contributed by atoms with van der Waals surface area (Å²) >= 11 is 0. The molecular weight excluding hydrogens is 269 g/mol. The van der Waals surface area contributed by atoms with Gasteiger partial charge in [0.15, 0.2) is 0 Å². The van der Waals surface area contributed by atoms with Crippen LogP contribution in [0.25, 0.3) is 10.4 Å². The number of rotatable bonds is 3. The van der Waals surface area contributed by atoms with E-state index in [0.717, 1.165) is 0 Å². The van der Waals surface area contributed by atoms with Crippen molar-refractivity contribution in [2.24, 2.45) is 12.2 Å². The number of nitro groups is 1. The Hall–Kier alpha value is -2.35. The van der Waals surface area contributed by atoms with Crippen molar-refractivity contribution in [2.75, 3.05) is 18.0 Å². The third kappa shape index (κ3) is 2.64. The second-order valence-electron chi connectivity index (χ2n) is 4.59. The van der Waals surface area contributed by atoms with E-state index >= 15 is 0 Å². The lowest BCUT2D eigenvalue weighted by atomic mass is 10.1. The zero-order valence-electron chi connectivity index (χ0n) is 10.9. The van der Waals surface area contributed by atoms with Crippen LogP contribution in [0.5, 0.6) is 0 Å². The fourth-order valence-corrected chi connectivity index (χ4v) is 2.38. The van der Waals surface area contributed by atoms with Crippen molar-refractivity contribution in [3.8, 4) is 0 Å². The molecule has 0 spiro atoms. The Balaban J connectivity index is 2.24. The molecule has 2 heterocycles. The maximum atomic E-state index is 13.8. The Morgan fingerprint density at radius 2 is 2.30 bits per heavy atom. The number of anilines is 1. The van der Waals surface area contributed by atoms with E-state index in [4.69, 9.17) is 5.53 Å². The number of aromatic nitrogens is 2. The summed E-state index contributed by atoms with van der Waals surface area (Å²) < 4.78 is 15.2. The van der Waals surface area contributed by atoms with Gasteiger partial charge in [-0.3, -0.25) is 10.1 Å². The van der Waals surface area contributed by atoms with E-state index in [9.17, 15) is 14.5 Å². The molecule has 0 radical (unpaired) electrons. The van der Waals surface area contributed by atoms with Crippen LogP contribution in [0.2, 0.25) is 0 Å². The predicted octanol–water partition coefficient (Wildman–Crippen LogP) is 1.95. The molecule has 0 aromatic carbocycles. The largest absolute Gasteiger partial charge is 0.351 e. The van der Waals surface area contributed by atoms with Gasteiger partial charge in [0.1, 0.15) is 12.4 Å². The first-order chi connectivity index (χ1) is 9.54. The van der Waals surface area contributed by atoms with Crippen LogP contribution < -0.4 is 4.90 Å². The van der Waals surface area contributed by atoms with Crippen LogP contribution in [-0.4, -0.2) is 40.0 Å². The summed E-state index contributed by atoms with van der Waals surface area (Å²) in [6.45, 7) is 0.698. The molecule has 1 aliphatic heterocycles. The lowest BCUT2D eigenvalue weighted by Crippen LogP contribution is -2.27. The van der Waals surface area contributed by atoms with Gasteiger partial charge in [0.05, 0.1) is 11.0 Å². The third-order valence-corrected chi connectivity index (χ3v) is 3.37. The molecule has 0 aliphatic carbocycles. The van der Waals surface area contributed by atoms with Crippen molar-refractivity contribution in [3.63, 3.8) is 0 Å². The summed E-state index contributed by atoms with van der Waals surface area (Å²) in [7, 11) is 1.60. The Morgan fingerprint density at radius 3 is 2.95 bits per heavy atom. The van der Waals surface area contributed by atoms with Crippen molar-refractivity contribution in [3.05, 3.63) is 26.8 Å². The van der Waals surface area contributed by atoms with Gasteiger partial charge in [-0.1, -0.05) is 5.11 Å². The van der Waals surface area contributed by atoms with Crippen molar-refractivity contribution in [1.82, 2.24) is 9.78 Å². The van der Waals surface area contributed by atoms with Crippen molar-refractivity contribution < 1.29 is 9.31 Å². The maximum Gasteiger partial charge on any atom is 0.331 e. The van der Waals surface area contributed by atoms with Crippen LogP contribution in [-0.2, 0) is 7.05 Å². The first kappa shape index (κ1) is 14.1. The van der Waals surface area contributed by atoms with Gasteiger partial charge in [-0.25, -0.2) is 9.07 Å². The Morgan fingerprint density at radius 1 is 1.60 bits per heavy atom. The minimum Gasteiger partial charge on any atom is -0.351 e. The number of aryl methyl sites for hydroxylation is 1. The normalized spacial score (nSPS) is 23.0. The number of hydrogen-bond donors (Lipinski definition) is 0. The van der Waals surface area contributed by atoms with E-state index in [0.29, 0.717) is 25.3 Å². The monoisotopic (exact) mass is 283 g/mol. The average molecular weight is 283 g/mol. The molecule has 1 saturated heterocycles. The standard InChI is InChI=1S/C10H14FN7O2/c1-16-10(9(6-13-16)18(19)20)17-4-2-7(11)8(3-5-17)14-15-12/h6-8H,2-5H2,1H3. The summed E-state index contributed by atoms with van der Waals surface area (Å²) in [4.78, 5) is 14.8. The van der Waals surface area contributed by atoms with E-state index in [1.807, 2.05) is 0 Å². The smallest absolute Gasteiger partial charge is 0.331 e. The molecule has 1 fully saturated rings. The Labute approximate surface area is 113 Å². The van der Waals surface area contributed by atoms with E-state index in [-0.39, 0.29) is 12.1 Å². The topological polar surface area (TPSA) is 113 Å². The van der Waals surface area contributed by atoms with Crippen LogP contribution in [0.15, 0.2) is 11.3 Å². The van der Waals surface area contributed by atoms with E-state index < -0.39 is 17.1 Å². The molecule has 20 heavy (non-hydrogen) atoms. The molecule has 0 amide bonds. The van der Waals surface area contributed by atoms with Gasteiger partial charge in [-0.2, -0.15) is 5.10 Å². The molecule has 10 heteroatoms. The average Bonchev–Trinajstić information content (AvgIpc) is 2.70. The second kappa shape index (κ2) is 5.74. The fourth-order valence-electron chi connectivity index (χ4n) is 2.38. The van der Waals surface area contributed by atoms with Gasteiger partial charge < -0.3 is 4.90 Å². The Bertz CT molecular complexity index is 554. The molecular formula is C10H14FN7O2. The van der Waals surface area contributed by atoms with Crippen LogP contribution in [0.4, 0.5) is 15.9 Å². The van der Waals surface area contributed by atoms with Crippen LogP contribution in [0.3, 0.4) is 0 Å². The van der Waals surface area contributed by atoms with Crippen molar-refractivity contribution in [1.29, 1.82) is 0 Å². The lowest BCUT2D eigenvalue weighted by molar-refractivity contribution is -0.384. The predicted molar refractivity (Wildman–Crippen MR) is 69.1 cm³/mol. The highest BCUT2D eigenvalue weighted by Gasteiger charge is 2.30. The summed E-state index contributed by atoms with van der Waals surface area (Å²) in [5.41, 5.74) is 8.31. The molecule has 2 atom stereocenters. The highest BCUT2D eigenvalue weighted by molar-refractivity contribution is 5.57. The SMILES string of the molecule is Cn1ncc([N+](=O)[O-])c1N1CCC(F)C(N=[N+]=[N-])CC1. The van der Waals surface area contributed by atoms with Crippen molar-refractivity contribution in [2.45, 2.75) is 25.1 Å². The Kier molecular flexibility index (Phi) is 4.04. The number of nitrogens with zero attached hydrogens (tertiary/aromatic N) is 7. The minimum atomic E-state index is -1.23.